The Morgan fingerprint density at radius 3 is 2.59 bits per heavy atom. The predicted octanol–water partition coefficient (Wildman–Crippen LogP) is -0.453. The number of carbonyl (C=O) groups is 1. The molecular weight excluding hydrogens is 224 g/mol. The van der Waals surface area contributed by atoms with Crippen molar-refractivity contribution in [3.8, 4) is 5.75 Å². The molecule has 0 heterocycles. The summed E-state index contributed by atoms with van der Waals surface area (Å²) >= 11 is 0. The minimum Gasteiger partial charge on any atom is -0.497 e. The first-order chi connectivity index (χ1) is 7.93. The van der Waals surface area contributed by atoms with E-state index >= 15 is 0 Å². The number of benzene rings is 1. The van der Waals surface area contributed by atoms with Crippen LogP contribution in [-0.4, -0.2) is 29.3 Å². The van der Waals surface area contributed by atoms with Gasteiger partial charge in [-0.1, -0.05) is 0 Å². The maximum Gasteiger partial charge on any atom is 0.220 e. The second kappa shape index (κ2) is 5.51. The molecule has 6 heteroatoms. The molecule has 94 valence electrons. The van der Waals surface area contributed by atoms with E-state index in [4.69, 9.17) is 16.2 Å². The molecule has 2 unspecified atom stereocenters. The molecule has 0 aromatic heterocycles. The van der Waals surface area contributed by atoms with Crippen LogP contribution in [0.2, 0.25) is 0 Å². The molecule has 0 bridgehead atoms. The normalized spacial score (nSPS) is 14.1. The molecule has 0 saturated heterocycles. The van der Waals surface area contributed by atoms with Gasteiger partial charge in [0, 0.05) is 11.8 Å². The molecule has 0 radical (unpaired) electrons. The third-order valence-corrected chi connectivity index (χ3v) is 2.30. The van der Waals surface area contributed by atoms with Gasteiger partial charge in [-0.15, -0.1) is 0 Å². The number of anilines is 1. The van der Waals surface area contributed by atoms with Crippen molar-refractivity contribution in [3.63, 3.8) is 0 Å². The summed E-state index contributed by atoms with van der Waals surface area (Å²) in [7, 11) is 1.46. The highest BCUT2D eigenvalue weighted by Gasteiger charge is 2.21. The number of nitrogens with two attached hydrogens (primary N) is 2. The Balaban J connectivity index is 2.91. The highest BCUT2D eigenvalue weighted by molar-refractivity contribution is 5.74. The smallest absolute Gasteiger partial charge is 0.220 e. The van der Waals surface area contributed by atoms with Gasteiger partial charge in [0.1, 0.15) is 11.9 Å². The van der Waals surface area contributed by atoms with Gasteiger partial charge in [-0.3, -0.25) is 4.79 Å². The van der Waals surface area contributed by atoms with Crippen molar-refractivity contribution < 1.29 is 19.7 Å². The molecule has 1 rings (SSSR count). The van der Waals surface area contributed by atoms with E-state index in [1.807, 2.05) is 0 Å². The number of nitrogen functional groups attached to an aromatic ring is 1. The van der Waals surface area contributed by atoms with Gasteiger partial charge in [-0.25, -0.2) is 0 Å². The molecule has 2 atom stereocenters. The number of amides is 1. The summed E-state index contributed by atoms with van der Waals surface area (Å²) in [5, 5.41) is 19.4. The topological polar surface area (TPSA) is 119 Å². The third kappa shape index (κ3) is 3.61. The second-order valence-corrected chi connectivity index (χ2v) is 3.72. The van der Waals surface area contributed by atoms with E-state index in [1.54, 1.807) is 6.07 Å². The third-order valence-electron chi connectivity index (χ3n) is 2.30. The Labute approximate surface area is 98.8 Å². The molecule has 17 heavy (non-hydrogen) atoms. The summed E-state index contributed by atoms with van der Waals surface area (Å²) in [5.74, 6) is -0.224. The monoisotopic (exact) mass is 240 g/mol. The fraction of sp³-hybridized carbons (Fsp3) is 0.364. The lowest BCUT2D eigenvalue weighted by molar-refractivity contribution is -0.121. The number of carbonyl (C=O) groups excluding carboxylic acids is 1. The maximum atomic E-state index is 10.6. The van der Waals surface area contributed by atoms with Crippen molar-refractivity contribution in [2.75, 3.05) is 12.8 Å². The summed E-state index contributed by atoms with van der Waals surface area (Å²) in [6.07, 6.45) is -2.82. The van der Waals surface area contributed by atoms with Gasteiger partial charge in [-0.05, 0) is 17.7 Å². The van der Waals surface area contributed by atoms with Gasteiger partial charge in [0.25, 0.3) is 0 Å². The van der Waals surface area contributed by atoms with E-state index in [-0.39, 0.29) is 6.42 Å². The molecule has 0 spiro atoms. The number of methoxy groups -OCH3 is 1. The highest BCUT2D eigenvalue weighted by Crippen LogP contribution is 2.26. The van der Waals surface area contributed by atoms with E-state index < -0.39 is 18.1 Å². The number of primary amides is 1. The van der Waals surface area contributed by atoms with Crippen LogP contribution >= 0.6 is 0 Å². The zero-order chi connectivity index (χ0) is 13.0. The van der Waals surface area contributed by atoms with E-state index in [2.05, 4.69) is 0 Å². The zero-order valence-corrected chi connectivity index (χ0v) is 9.46. The first kappa shape index (κ1) is 13.3. The summed E-state index contributed by atoms with van der Waals surface area (Å²) in [6, 6.07) is 4.61. The van der Waals surface area contributed by atoms with Crippen LogP contribution in [0.5, 0.6) is 5.75 Å². The van der Waals surface area contributed by atoms with Crippen molar-refractivity contribution >= 4 is 11.6 Å². The van der Waals surface area contributed by atoms with Crippen LogP contribution in [0.3, 0.4) is 0 Å². The number of hydrogen-bond donors (Lipinski definition) is 4. The number of aliphatic hydroxyl groups is 2. The van der Waals surface area contributed by atoms with E-state index in [1.165, 1.54) is 19.2 Å². The molecule has 0 aliphatic carbocycles. The quantitative estimate of drug-likeness (QED) is 0.520. The van der Waals surface area contributed by atoms with Crippen LogP contribution in [0.25, 0.3) is 0 Å². The Bertz CT molecular complexity index is 408. The Morgan fingerprint density at radius 1 is 1.41 bits per heavy atom. The molecule has 0 saturated carbocycles. The molecule has 0 fully saturated rings. The van der Waals surface area contributed by atoms with Crippen LogP contribution in [0, 0.1) is 0 Å². The summed E-state index contributed by atoms with van der Waals surface area (Å²) < 4.78 is 4.98. The van der Waals surface area contributed by atoms with Gasteiger partial charge < -0.3 is 26.4 Å². The van der Waals surface area contributed by atoms with E-state index in [9.17, 15) is 15.0 Å². The van der Waals surface area contributed by atoms with E-state index in [0.29, 0.717) is 17.0 Å². The van der Waals surface area contributed by atoms with Gasteiger partial charge in [0.05, 0.1) is 19.6 Å². The standard InChI is InChI=1S/C11H16N2O4/c1-17-8-3-6(2-7(12)4-8)11(16)9(14)5-10(13)15/h2-4,9,11,14,16H,5,12H2,1H3,(H2,13,15). The average Bonchev–Trinajstić information content (AvgIpc) is 2.26. The fourth-order valence-corrected chi connectivity index (χ4v) is 1.47. The van der Waals surface area contributed by atoms with Gasteiger partial charge in [0.15, 0.2) is 0 Å². The van der Waals surface area contributed by atoms with E-state index in [0.717, 1.165) is 0 Å². The largest absolute Gasteiger partial charge is 0.497 e. The Morgan fingerprint density at radius 2 is 2.06 bits per heavy atom. The summed E-state index contributed by atoms with van der Waals surface area (Å²) in [6.45, 7) is 0. The number of aliphatic hydroxyl groups excluding tert-OH is 2. The lowest BCUT2D eigenvalue weighted by atomic mass is 10.0. The zero-order valence-electron chi connectivity index (χ0n) is 9.46. The molecule has 0 aliphatic rings. The molecular formula is C11H16N2O4. The van der Waals surface area contributed by atoms with Crippen LogP contribution in [0.15, 0.2) is 18.2 Å². The minimum absolute atomic E-state index is 0.321. The highest BCUT2D eigenvalue weighted by atomic mass is 16.5. The van der Waals surface area contributed by atoms with Crippen LogP contribution in [0.4, 0.5) is 5.69 Å². The van der Waals surface area contributed by atoms with Crippen molar-refractivity contribution in [1.29, 1.82) is 0 Å². The van der Waals surface area contributed by atoms with Crippen molar-refractivity contribution in [2.24, 2.45) is 5.73 Å². The fourth-order valence-electron chi connectivity index (χ4n) is 1.47. The van der Waals surface area contributed by atoms with Crippen LogP contribution in [0.1, 0.15) is 18.1 Å². The average molecular weight is 240 g/mol. The SMILES string of the molecule is COc1cc(N)cc(C(O)C(O)CC(N)=O)c1. The van der Waals surface area contributed by atoms with Crippen LogP contribution < -0.4 is 16.2 Å². The number of rotatable bonds is 5. The minimum atomic E-state index is -1.26. The number of ether oxygens (including phenoxy) is 1. The summed E-state index contributed by atoms with van der Waals surface area (Å²) in [5.41, 5.74) is 11.3. The lowest BCUT2D eigenvalue weighted by Crippen LogP contribution is -2.25. The maximum absolute atomic E-state index is 10.6. The molecule has 6 nitrogen and oxygen atoms in total. The van der Waals surface area contributed by atoms with Gasteiger partial charge in [0.2, 0.25) is 5.91 Å². The van der Waals surface area contributed by atoms with Gasteiger partial charge in [-0.2, -0.15) is 0 Å². The summed E-state index contributed by atoms with van der Waals surface area (Å²) in [4.78, 5) is 10.6. The first-order valence-electron chi connectivity index (χ1n) is 5.03. The van der Waals surface area contributed by atoms with Gasteiger partial charge >= 0.3 is 0 Å². The van der Waals surface area contributed by atoms with Crippen LogP contribution in [-0.2, 0) is 4.79 Å². The molecule has 1 amide bonds. The van der Waals surface area contributed by atoms with Crippen molar-refractivity contribution in [3.05, 3.63) is 23.8 Å². The number of hydrogen-bond acceptors (Lipinski definition) is 5. The molecule has 0 aliphatic heterocycles. The predicted molar refractivity (Wildman–Crippen MR) is 62.2 cm³/mol. The molecule has 1 aromatic carbocycles. The molecule has 1 aromatic rings. The lowest BCUT2D eigenvalue weighted by Gasteiger charge is -2.18. The van der Waals surface area contributed by atoms with Crippen molar-refractivity contribution in [1.82, 2.24) is 0 Å². The second-order valence-electron chi connectivity index (χ2n) is 3.72. The Hall–Kier alpha value is -1.79. The Kier molecular flexibility index (Phi) is 4.30. The molecule has 6 N–H and O–H groups in total. The first-order valence-corrected chi connectivity index (χ1v) is 5.03. The van der Waals surface area contributed by atoms with Crippen molar-refractivity contribution in [2.45, 2.75) is 18.6 Å².